The number of aliphatic hydroxyl groups is 1. The van der Waals surface area contributed by atoms with Crippen LogP contribution in [0.5, 0.6) is 5.75 Å². The Morgan fingerprint density at radius 3 is 1.89 bits per heavy atom. The molecule has 1 aromatic rings. The van der Waals surface area contributed by atoms with Gasteiger partial charge in [0.25, 0.3) is 5.91 Å². The number of alkyl carbamates (subject to hydrolysis) is 1. The van der Waals surface area contributed by atoms with Crippen LogP contribution in [0.3, 0.4) is 0 Å². The first-order valence-electron chi connectivity index (χ1n) is 14.2. The minimum Gasteiger partial charge on any atom is -0.494 e. The number of ether oxygens (including phenoxy) is 3. The molecule has 0 spiro atoms. The lowest BCUT2D eigenvalue weighted by molar-refractivity contribution is -0.164. The first-order chi connectivity index (χ1) is 21.4. The molecule has 1 saturated heterocycles. The molecule has 0 radical (unpaired) electrons. The highest BCUT2D eigenvalue weighted by Gasteiger charge is 2.63. The van der Waals surface area contributed by atoms with Crippen molar-refractivity contribution in [2.24, 2.45) is 0 Å². The smallest absolute Gasteiger partial charge is 0.411 e. The summed E-state index contributed by atoms with van der Waals surface area (Å²) in [6, 6.07) is -3.06. The maximum Gasteiger partial charge on any atom is 0.411 e. The van der Waals surface area contributed by atoms with E-state index in [1.165, 1.54) is 60.8 Å². The van der Waals surface area contributed by atoms with Crippen molar-refractivity contribution in [1.29, 1.82) is 0 Å². The summed E-state index contributed by atoms with van der Waals surface area (Å²) in [4.78, 5) is 77.2. The molecule has 18 heteroatoms. The molecular formula is C29H39Cl2N3O13. The Morgan fingerprint density at radius 2 is 1.47 bits per heavy atom. The molecule has 1 aliphatic rings. The molecule has 0 aliphatic carbocycles. The Morgan fingerprint density at radius 1 is 0.936 bits per heavy atom. The van der Waals surface area contributed by atoms with Crippen LogP contribution in [-0.2, 0) is 23.9 Å². The number of hydrogen-bond donors (Lipinski definition) is 6. The van der Waals surface area contributed by atoms with E-state index in [1.54, 1.807) is 0 Å². The molecular weight excluding hydrogens is 669 g/mol. The summed E-state index contributed by atoms with van der Waals surface area (Å²) in [7, 11) is 1.30. The maximum absolute atomic E-state index is 13.6. The molecule has 6 N–H and O–H groups in total. The second-order valence-electron chi connectivity index (χ2n) is 12.8. The normalized spacial score (nSPS) is 20.0. The Bertz CT molecular complexity index is 1390. The lowest BCUT2D eigenvalue weighted by atomic mass is 9.85. The monoisotopic (exact) mass is 707 g/mol. The van der Waals surface area contributed by atoms with Gasteiger partial charge in [-0.3, -0.25) is 9.69 Å². The number of carbonyl (C=O) groups excluding carboxylic acids is 3. The molecule has 1 fully saturated rings. The number of hydrogen-bond acceptors (Lipinski definition) is 10. The third kappa shape index (κ3) is 9.51. The van der Waals surface area contributed by atoms with Gasteiger partial charge in [0.15, 0.2) is 17.3 Å². The SMILES string of the molecule is COc1c(Cl)cc(C(=O)N[C@@H](C[C@H]2CC[C@](C(=O)O)([C@@H](O)[C@@H](NC(=O)OC(C)(C)C)C(=O)O)N2C(=O)OC(C)(C)C)C(=O)O)cc1Cl. The highest BCUT2D eigenvalue weighted by atomic mass is 35.5. The molecule has 0 unspecified atom stereocenters. The van der Waals surface area contributed by atoms with Crippen LogP contribution in [0.2, 0.25) is 10.0 Å². The predicted molar refractivity (Wildman–Crippen MR) is 165 cm³/mol. The first kappa shape index (κ1) is 39.2. The molecule has 2 rings (SSSR count). The third-order valence-electron chi connectivity index (χ3n) is 6.93. The van der Waals surface area contributed by atoms with Gasteiger partial charge in [0, 0.05) is 11.6 Å². The zero-order valence-electron chi connectivity index (χ0n) is 26.8. The van der Waals surface area contributed by atoms with E-state index in [9.17, 15) is 49.2 Å². The van der Waals surface area contributed by atoms with Gasteiger partial charge < -0.3 is 45.3 Å². The van der Waals surface area contributed by atoms with Crippen molar-refractivity contribution < 1.29 is 63.4 Å². The van der Waals surface area contributed by atoms with E-state index in [1.807, 2.05) is 5.32 Å². The number of rotatable bonds is 11. The number of carboxylic acids is 3. The Balaban J connectivity index is 2.56. The highest BCUT2D eigenvalue weighted by Crippen LogP contribution is 2.41. The van der Waals surface area contributed by atoms with E-state index in [0.29, 0.717) is 4.90 Å². The largest absolute Gasteiger partial charge is 0.494 e. The van der Waals surface area contributed by atoms with Crippen LogP contribution in [0.1, 0.15) is 71.2 Å². The van der Waals surface area contributed by atoms with Crippen LogP contribution in [0, 0.1) is 0 Å². The number of aliphatic hydroxyl groups excluding tert-OH is 1. The zero-order valence-corrected chi connectivity index (χ0v) is 28.3. The van der Waals surface area contributed by atoms with E-state index >= 15 is 0 Å². The van der Waals surface area contributed by atoms with Crippen LogP contribution in [0.25, 0.3) is 0 Å². The van der Waals surface area contributed by atoms with Crippen LogP contribution >= 0.6 is 23.2 Å². The maximum atomic E-state index is 13.6. The lowest BCUT2D eigenvalue weighted by Crippen LogP contribution is -2.69. The molecule has 0 aromatic heterocycles. The molecule has 0 bridgehead atoms. The van der Waals surface area contributed by atoms with Crippen LogP contribution in [0.4, 0.5) is 9.59 Å². The molecule has 47 heavy (non-hydrogen) atoms. The van der Waals surface area contributed by atoms with Gasteiger partial charge in [0.05, 0.1) is 17.2 Å². The van der Waals surface area contributed by atoms with Gasteiger partial charge in [-0.1, -0.05) is 23.2 Å². The van der Waals surface area contributed by atoms with Gasteiger partial charge in [-0.05, 0) is 72.9 Å². The van der Waals surface area contributed by atoms with Crippen molar-refractivity contribution in [2.45, 2.75) is 102 Å². The Kier molecular flexibility index (Phi) is 12.3. The molecule has 16 nitrogen and oxygen atoms in total. The average Bonchev–Trinajstić information content (AvgIpc) is 3.29. The van der Waals surface area contributed by atoms with Crippen molar-refractivity contribution in [2.75, 3.05) is 7.11 Å². The summed E-state index contributed by atoms with van der Waals surface area (Å²) in [5.74, 6) is -6.17. The number of carbonyl (C=O) groups is 6. The molecule has 262 valence electrons. The fourth-order valence-corrected chi connectivity index (χ4v) is 5.68. The first-order valence-corrected chi connectivity index (χ1v) is 14.9. The second-order valence-corrected chi connectivity index (χ2v) is 13.6. The standard InChI is InChI=1S/C29H39Cl2N3O13/c1-27(2,3)46-25(43)33-18(23(39)40)20(35)29(24(41)42)9-8-14(34(29)26(44)47-28(4,5)6)12-17(22(37)38)32-21(36)13-10-15(30)19(45-7)16(31)11-13/h10-11,14,17-18,20,35H,8-9,12H2,1-7H3,(H,32,36)(H,33,43)(H,37,38)(H,39,40)(H,41,42)/t14-,17+,18-,20+,29-/m1/s1. The quantitative estimate of drug-likeness (QED) is 0.194. The van der Waals surface area contributed by atoms with Crippen molar-refractivity contribution in [1.82, 2.24) is 15.5 Å². The number of amides is 3. The van der Waals surface area contributed by atoms with Gasteiger partial charge >= 0.3 is 30.1 Å². The lowest BCUT2D eigenvalue weighted by Gasteiger charge is -2.43. The van der Waals surface area contributed by atoms with Crippen molar-refractivity contribution >= 4 is 59.2 Å². The van der Waals surface area contributed by atoms with E-state index < -0.39 is 89.8 Å². The molecule has 0 saturated carbocycles. The number of nitrogens with one attached hydrogen (secondary N) is 2. The van der Waals surface area contributed by atoms with Gasteiger partial charge in [0.1, 0.15) is 23.3 Å². The molecule has 1 aromatic carbocycles. The summed E-state index contributed by atoms with van der Waals surface area (Å²) < 4.78 is 15.5. The minimum absolute atomic E-state index is 0.0443. The van der Waals surface area contributed by atoms with Gasteiger partial charge in [0.2, 0.25) is 0 Å². The Labute approximate surface area is 280 Å². The number of nitrogens with zero attached hydrogens (tertiary/aromatic N) is 1. The summed E-state index contributed by atoms with van der Waals surface area (Å²) >= 11 is 12.2. The van der Waals surface area contributed by atoms with Crippen molar-refractivity contribution in [3.8, 4) is 5.75 Å². The van der Waals surface area contributed by atoms with Crippen LogP contribution in [-0.4, -0.2) is 109 Å². The second kappa shape index (κ2) is 14.8. The number of carboxylic acid groups (broad SMARTS) is 3. The van der Waals surface area contributed by atoms with Crippen LogP contribution in [0.15, 0.2) is 12.1 Å². The summed E-state index contributed by atoms with van der Waals surface area (Å²) in [5, 5.41) is 45.9. The molecule has 5 atom stereocenters. The number of benzene rings is 1. The van der Waals surface area contributed by atoms with E-state index in [2.05, 4.69) is 5.32 Å². The molecule has 1 heterocycles. The molecule has 1 aliphatic heterocycles. The van der Waals surface area contributed by atoms with Gasteiger partial charge in [-0.2, -0.15) is 0 Å². The van der Waals surface area contributed by atoms with E-state index in [-0.39, 0.29) is 27.8 Å². The highest BCUT2D eigenvalue weighted by molar-refractivity contribution is 6.37. The Hall–Kier alpha value is -4.02. The van der Waals surface area contributed by atoms with Gasteiger partial charge in [-0.25, -0.2) is 24.0 Å². The van der Waals surface area contributed by atoms with Crippen molar-refractivity contribution in [3.63, 3.8) is 0 Å². The average molecular weight is 709 g/mol. The topological polar surface area (TPSA) is 238 Å². The molecule has 3 amide bonds. The number of aliphatic carboxylic acids is 3. The van der Waals surface area contributed by atoms with Crippen molar-refractivity contribution in [3.05, 3.63) is 27.7 Å². The summed E-state index contributed by atoms with van der Waals surface area (Å²) in [6.07, 6.45) is -6.64. The van der Waals surface area contributed by atoms with E-state index in [4.69, 9.17) is 37.4 Å². The third-order valence-corrected chi connectivity index (χ3v) is 7.49. The summed E-state index contributed by atoms with van der Waals surface area (Å²) in [6.45, 7) is 8.84. The minimum atomic E-state index is -2.75. The fourth-order valence-electron chi connectivity index (χ4n) is 5.04. The predicted octanol–water partition coefficient (Wildman–Crippen LogP) is 3.14. The fraction of sp³-hybridized carbons (Fsp3) is 0.586. The van der Waals surface area contributed by atoms with E-state index in [0.717, 1.165) is 0 Å². The van der Waals surface area contributed by atoms with Crippen LogP contribution < -0.4 is 15.4 Å². The van der Waals surface area contributed by atoms with Gasteiger partial charge in [-0.15, -0.1) is 0 Å². The number of halogens is 2. The zero-order chi connectivity index (χ0) is 36.2. The summed E-state index contributed by atoms with van der Waals surface area (Å²) in [5.41, 5.74) is -5.22. The number of likely N-dealkylation sites (tertiary alicyclic amines) is 1. The number of methoxy groups -OCH3 is 1.